The Morgan fingerprint density at radius 2 is 1.73 bits per heavy atom. The van der Waals surface area contributed by atoms with E-state index in [2.05, 4.69) is 10.1 Å². The number of hydrogen-bond donors (Lipinski definition) is 0. The second-order valence-corrected chi connectivity index (χ2v) is 4.59. The van der Waals surface area contributed by atoms with Crippen LogP contribution >= 0.6 is 0 Å². The monoisotopic (exact) mass is 293 g/mol. The van der Waals surface area contributed by atoms with Crippen LogP contribution in [0.15, 0.2) is 78.0 Å². The predicted molar refractivity (Wildman–Crippen MR) is 79.9 cm³/mol. The molecule has 3 rings (SSSR count). The molecule has 5 heteroatoms. The van der Waals surface area contributed by atoms with Gasteiger partial charge in [0.25, 0.3) is 5.91 Å². The highest BCUT2D eigenvalue weighted by atomic mass is 19.1. The molecule has 0 saturated heterocycles. The van der Waals surface area contributed by atoms with Gasteiger partial charge in [-0.05, 0) is 42.5 Å². The third-order valence-corrected chi connectivity index (χ3v) is 3.04. The Morgan fingerprint density at radius 1 is 1.00 bits per heavy atom. The Hall–Kier alpha value is -3.08. The zero-order chi connectivity index (χ0) is 15.4. The molecule has 22 heavy (non-hydrogen) atoms. The number of carbonyl (C=O) groups excluding carboxylic acids is 1. The van der Waals surface area contributed by atoms with E-state index in [0.717, 1.165) is 5.69 Å². The molecule has 0 unspecified atom stereocenters. The van der Waals surface area contributed by atoms with Crippen molar-refractivity contribution in [3.8, 4) is 5.69 Å². The second-order valence-electron chi connectivity index (χ2n) is 4.59. The van der Waals surface area contributed by atoms with E-state index in [1.807, 2.05) is 30.3 Å². The summed E-state index contributed by atoms with van der Waals surface area (Å²) in [5.74, 6) is -0.818. The number of nitrogens with zero attached hydrogens (tertiary/aromatic N) is 3. The van der Waals surface area contributed by atoms with Crippen molar-refractivity contribution in [2.45, 2.75) is 0 Å². The lowest BCUT2D eigenvalue weighted by Gasteiger charge is -2.03. The molecule has 1 aromatic heterocycles. The lowest BCUT2D eigenvalue weighted by molar-refractivity contribution is 0.0998. The molecule has 0 radical (unpaired) electrons. The lowest BCUT2D eigenvalue weighted by Crippen LogP contribution is -2.11. The first-order chi connectivity index (χ1) is 10.7. The van der Waals surface area contributed by atoms with Crippen LogP contribution in [-0.4, -0.2) is 15.7 Å². The SMILES string of the molecule is O=C(/N=c1\ccn(-c2ccccc2)nc1)c1ccc(F)cc1. The molecular weight excluding hydrogens is 281 g/mol. The highest BCUT2D eigenvalue weighted by molar-refractivity contribution is 5.94. The number of carbonyl (C=O) groups is 1. The molecule has 0 bridgehead atoms. The third-order valence-electron chi connectivity index (χ3n) is 3.04. The number of aromatic nitrogens is 2. The van der Waals surface area contributed by atoms with Crippen LogP contribution in [0, 0.1) is 5.82 Å². The first kappa shape index (κ1) is 13.9. The molecule has 4 nitrogen and oxygen atoms in total. The average molecular weight is 293 g/mol. The molecule has 0 aliphatic carbocycles. The number of hydrogen-bond acceptors (Lipinski definition) is 2. The molecule has 0 aliphatic heterocycles. The molecule has 0 fully saturated rings. The van der Waals surface area contributed by atoms with Gasteiger partial charge in [-0.1, -0.05) is 18.2 Å². The topological polar surface area (TPSA) is 47.2 Å². The van der Waals surface area contributed by atoms with Crippen LogP contribution in [0.5, 0.6) is 0 Å². The number of amides is 1. The Balaban J connectivity index is 1.86. The van der Waals surface area contributed by atoms with E-state index in [4.69, 9.17) is 0 Å². The zero-order valence-corrected chi connectivity index (χ0v) is 11.6. The van der Waals surface area contributed by atoms with Gasteiger partial charge in [0.05, 0.1) is 17.2 Å². The minimum Gasteiger partial charge on any atom is -0.267 e. The van der Waals surface area contributed by atoms with Crippen molar-refractivity contribution in [3.05, 3.63) is 89.8 Å². The summed E-state index contributed by atoms with van der Waals surface area (Å²) in [4.78, 5) is 15.9. The van der Waals surface area contributed by atoms with Crippen LogP contribution in [0.25, 0.3) is 5.69 Å². The lowest BCUT2D eigenvalue weighted by atomic mass is 10.2. The highest BCUT2D eigenvalue weighted by Crippen LogP contribution is 2.04. The molecule has 3 aromatic rings. The van der Waals surface area contributed by atoms with Gasteiger partial charge in [-0.3, -0.25) is 4.79 Å². The maximum atomic E-state index is 12.8. The predicted octanol–water partition coefficient (Wildman–Crippen LogP) is 2.75. The van der Waals surface area contributed by atoms with E-state index in [9.17, 15) is 9.18 Å². The van der Waals surface area contributed by atoms with Gasteiger partial charge in [0, 0.05) is 11.8 Å². The number of halogens is 1. The maximum absolute atomic E-state index is 12.8. The number of para-hydroxylation sites is 1. The second kappa shape index (κ2) is 6.13. The summed E-state index contributed by atoms with van der Waals surface area (Å²) in [5, 5.41) is 4.67. The van der Waals surface area contributed by atoms with Crippen molar-refractivity contribution in [2.75, 3.05) is 0 Å². The van der Waals surface area contributed by atoms with Crippen molar-refractivity contribution in [2.24, 2.45) is 4.99 Å². The zero-order valence-electron chi connectivity index (χ0n) is 11.6. The molecular formula is C17H12FN3O. The van der Waals surface area contributed by atoms with Crippen LogP contribution in [0.2, 0.25) is 0 Å². The van der Waals surface area contributed by atoms with Crippen LogP contribution in [0.1, 0.15) is 10.4 Å². The largest absolute Gasteiger partial charge is 0.277 e. The van der Waals surface area contributed by atoms with E-state index in [-0.39, 0.29) is 5.82 Å². The smallest absolute Gasteiger partial charge is 0.267 e. The van der Waals surface area contributed by atoms with Crippen LogP contribution < -0.4 is 5.36 Å². The molecule has 1 amide bonds. The van der Waals surface area contributed by atoms with Gasteiger partial charge in [0.15, 0.2) is 0 Å². The van der Waals surface area contributed by atoms with Crippen molar-refractivity contribution >= 4 is 5.91 Å². The van der Waals surface area contributed by atoms with Gasteiger partial charge in [-0.2, -0.15) is 5.10 Å². The molecule has 0 aliphatic rings. The molecule has 0 spiro atoms. The van der Waals surface area contributed by atoms with Crippen molar-refractivity contribution < 1.29 is 9.18 Å². The van der Waals surface area contributed by atoms with E-state index < -0.39 is 5.91 Å². The molecule has 0 saturated carbocycles. The van der Waals surface area contributed by atoms with E-state index in [0.29, 0.717) is 10.9 Å². The summed E-state index contributed by atoms with van der Waals surface area (Å²) in [7, 11) is 0. The molecule has 0 N–H and O–H groups in total. The molecule has 108 valence electrons. The van der Waals surface area contributed by atoms with Gasteiger partial charge in [0.2, 0.25) is 0 Å². The van der Waals surface area contributed by atoms with Crippen molar-refractivity contribution in [1.82, 2.24) is 9.78 Å². The average Bonchev–Trinajstić information content (AvgIpc) is 2.57. The normalized spacial score (nSPS) is 11.4. The quantitative estimate of drug-likeness (QED) is 0.729. The Kier molecular flexibility index (Phi) is 3.87. The van der Waals surface area contributed by atoms with Crippen LogP contribution in [0.4, 0.5) is 4.39 Å². The van der Waals surface area contributed by atoms with Crippen molar-refractivity contribution in [3.63, 3.8) is 0 Å². The summed E-state index contributed by atoms with van der Waals surface area (Å²) in [6.07, 6.45) is 3.24. The molecule has 2 aromatic carbocycles. The van der Waals surface area contributed by atoms with Crippen molar-refractivity contribution in [1.29, 1.82) is 0 Å². The Labute approximate surface area is 126 Å². The standard InChI is InChI=1S/C17H12FN3O/c18-14-8-6-13(7-9-14)17(22)20-15-10-11-21(19-12-15)16-4-2-1-3-5-16/h1-12H/b20-15+. The maximum Gasteiger partial charge on any atom is 0.277 e. The van der Waals surface area contributed by atoms with Gasteiger partial charge in [-0.25, -0.2) is 14.1 Å². The van der Waals surface area contributed by atoms with Gasteiger partial charge < -0.3 is 0 Å². The Morgan fingerprint density at radius 3 is 2.36 bits per heavy atom. The first-order valence-corrected chi connectivity index (χ1v) is 6.67. The molecule has 0 atom stereocenters. The van der Waals surface area contributed by atoms with Gasteiger partial charge in [0.1, 0.15) is 5.82 Å². The summed E-state index contributed by atoms with van der Waals surface area (Å²) in [6, 6.07) is 16.6. The minimum absolute atomic E-state index is 0.334. The fourth-order valence-corrected chi connectivity index (χ4v) is 1.92. The fourth-order valence-electron chi connectivity index (χ4n) is 1.92. The number of benzene rings is 2. The van der Waals surface area contributed by atoms with Crippen LogP contribution in [0.3, 0.4) is 0 Å². The minimum atomic E-state index is -0.431. The third kappa shape index (κ3) is 3.15. The van der Waals surface area contributed by atoms with E-state index >= 15 is 0 Å². The van der Waals surface area contributed by atoms with E-state index in [1.165, 1.54) is 30.5 Å². The van der Waals surface area contributed by atoms with E-state index in [1.54, 1.807) is 16.9 Å². The molecule has 1 heterocycles. The number of rotatable bonds is 2. The van der Waals surface area contributed by atoms with Crippen LogP contribution in [-0.2, 0) is 0 Å². The summed E-state index contributed by atoms with van der Waals surface area (Å²) in [6.45, 7) is 0. The van der Waals surface area contributed by atoms with Gasteiger partial charge >= 0.3 is 0 Å². The first-order valence-electron chi connectivity index (χ1n) is 6.67. The highest BCUT2D eigenvalue weighted by Gasteiger charge is 2.03. The Bertz CT molecular complexity index is 835. The summed E-state index contributed by atoms with van der Waals surface area (Å²) < 4.78 is 14.5. The van der Waals surface area contributed by atoms with Gasteiger partial charge in [-0.15, -0.1) is 0 Å². The summed E-state index contributed by atoms with van der Waals surface area (Å²) >= 11 is 0. The summed E-state index contributed by atoms with van der Waals surface area (Å²) in [5.41, 5.74) is 1.25. The fraction of sp³-hybridized carbons (Fsp3) is 0.